The smallest absolute Gasteiger partial charge is 0.255 e. The first-order valence-corrected chi connectivity index (χ1v) is 11.2. The molecule has 0 saturated heterocycles. The molecule has 2 amide bonds. The van der Waals surface area contributed by atoms with E-state index in [0.29, 0.717) is 17.9 Å². The van der Waals surface area contributed by atoms with Gasteiger partial charge in [-0.1, -0.05) is 6.92 Å². The molecule has 32 heavy (non-hydrogen) atoms. The first-order chi connectivity index (χ1) is 15.4. The van der Waals surface area contributed by atoms with Crippen LogP contribution in [0.4, 0.5) is 8.78 Å². The van der Waals surface area contributed by atoms with Crippen LogP contribution in [-0.4, -0.2) is 72.7 Å². The summed E-state index contributed by atoms with van der Waals surface area (Å²) in [5.41, 5.74) is 1.26. The number of halogens is 2. The number of fused-ring (bicyclic) bond motifs is 1. The maximum atomic E-state index is 13.0. The van der Waals surface area contributed by atoms with Crippen molar-refractivity contribution in [2.75, 3.05) is 20.1 Å². The Hall–Kier alpha value is -2.55. The lowest BCUT2D eigenvalue weighted by Gasteiger charge is -2.32. The molecule has 3 unspecified atom stereocenters. The molecule has 1 N–H and O–H groups in total. The van der Waals surface area contributed by atoms with Gasteiger partial charge in [0.1, 0.15) is 24.2 Å². The molecule has 0 spiro atoms. The molecule has 1 aromatic rings. The van der Waals surface area contributed by atoms with Gasteiger partial charge in [0.15, 0.2) is 0 Å². The van der Waals surface area contributed by atoms with Gasteiger partial charge < -0.3 is 19.7 Å². The zero-order chi connectivity index (χ0) is 23.3. The molecule has 1 fully saturated rings. The van der Waals surface area contributed by atoms with Crippen molar-refractivity contribution in [3.63, 3.8) is 0 Å². The minimum atomic E-state index is -2.39. The SMILES string of the molecule is CCN(CC(F)F)C1CCCC1Oc1ccc2c(c1)CN(C(CCC=O)C(=O)NC)C2=O. The summed E-state index contributed by atoms with van der Waals surface area (Å²) < 4.78 is 32.1. The second kappa shape index (κ2) is 10.8. The number of hydrogen-bond acceptors (Lipinski definition) is 5. The van der Waals surface area contributed by atoms with Crippen molar-refractivity contribution >= 4 is 18.1 Å². The summed E-state index contributed by atoms with van der Waals surface area (Å²) in [6.45, 7) is 2.39. The van der Waals surface area contributed by atoms with Gasteiger partial charge in [0.2, 0.25) is 5.91 Å². The zero-order valence-electron chi connectivity index (χ0n) is 18.6. The van der Waals surface area contributed by atoms with Crippen molar-refractivity contribution in [2.24, 2.45) is 0 Å². The Kier molecular flexibility index (Phi) is 8.17. The highest BCUT2D eigenvalue weighted by molar-refractivity contribution is 6.01. The van der Waals surface area contributed by atoms with Gasteiger partial charge in [0.05, 0.1) is 6.54 Å². The van der Waals surface area contributed by atoms with Crippen LogP contribution in [0, 0.1) is 0 Å². The largest absolute Gasteiger partial charge is 0.489 e. The summed E-state index contributed by atoms with van der Waals surface area (Å²) in [6.07, 6.45) is 1.11. The van der Waals surface area contributed by atoms with Crippen LogP contribution in [0.15, 0.2) is 18.2 Å². The van der Waals surface area contributed by atoms with E-state index >= 15 is 0 Å². The van der Waals surface area contributed by atoms with Gasteiger partial charge in [0.25, 0.3) is 12.3 Å². The van der Waals surface area contributed by atoms with Crippen LogP contribution in [0.5, 0.6) is 5.75 Å². The van der Waals surface area contributed by atoms with Gasteiger partial charge in [0, 0.05) is 31.6 Å². The molecule has 3 rings (SSSR count). The number of alkyl halides is 2. The van der Waals surface area contributed by atoms with Crippen LogP contribution in [0.2, 0.25) is 0 Å². The van der Waals surface area contributed by atoms with E-state index in [1.807, 2.05) is 6.92 Å². The number of benzene rings is 1. The summed E-state index contributed by atoms with van der Waals surface area (Å²) in [5.74, 6) is 0.0311. The van der Waals surface area contributed by atoms with Crippen LogP contribution < -0.4 is 10.1 Å². The van der Waals surface area contributed by atoms with E-state index in [1.165, 1.54) is 11.9 Å². The predicted molar refractivity (Wildman–Crippen MR) is 115 cm³/mol. The summed E-state index contributed by atoms with van der Waals surface area (Å²) in [5, 5.41) is 2.56. The summed E-state index contributed by atoms with van der Waals surface area (Å²) in [6, 6.07) is 4.42. The van der Waals surface area contributed by atoms with Crippen LogP contribution in [0.1, 0.15) is 54.9 Å². The average molecular weight is 452 g/mol. The topological polar surface area (TPSA) is 79.0 Å². The highest BCUT2D eigenvalue weighted by Gasteiger charge is 2.37. The quantitative estimate of drug-likeness (QED) is 0.524. The molecular formula is C23H31F2N3O4. The Balaban J connectivity index is 1.73. The zero-order valence-corrected chi connectivity index (χ0v) is 18.6. The first-order valence-electron chi connectivity index (χ1n) is 11.2. The monoisotopic (exact) mass is 451 g/mol. The number of likely N-dealkylation sites (N-methyl/N-ethyl adjacent to an activating group) is 2. The number of aldehydes is 1. The van der Waals surface area contributed by atoms with Crippen LogP contribution in [0.25, 0.3) is 0 Å². The third-order valence-electron chi connectivity index (χ3n) is 6.34. The van der Waals surface area contributed by atoms with E-state index < -0.39 is 12.5 Å². The number of ether oxygens (including phenoxy) is 1. The fourth-order valence-electron chi connectivity index (χ4n) is 4.78. The number of nitrogens with one attached hydrogen (secondary N) is 1. The summed E-state index contributed by atoms with van der Waals surface area (Å²) in [7, 11) is 1.50. The van der Waals surface area contributed by atoms with Gasteiger partial charge in [-0.05, 0) is 56.0 Å². The minimum absolute atomic E-state index is 0.0682. The van der Waals surface area contributed by atoms with E-state index in [-0.39, 0.29) is 49.9 Å². The highest BCUT2D eigenvalue weighted by atomic mass is 19.3. The van der Waals surface area contributed by atoms with Crippen LogP contribution in [0.3, 0.4) is 0 Å². The molecule has 0 bridgehead atoms. The third kappa shape index (κ3) is 5.26. The van der Waals surface area contributed by atoms with Crippen LogP contribution in [-0.2, 0) is 16.1 Å². The predicted octanol–water partition coefficient (Wildman–Crippen LogP) is 2.62. The maximum absolute atomic E-state index is 13.0. The standard InChI is InChI=1S/C23H31F2N3O4/c1-3-27(14-21(24)25)18-6-4-8-20(18)32-16-9-10-17-15(12-16)13-28(23(17)31)19(7-5-11-29)22(30)26-2/h9-12,18-21H,3-8,13-14H2,1-2H3,(H,26,30). The maximum Gasteiger partial charge on any atom is 0.255 e. The Bertz CT molecular complexity index is 835. The molecule has 1 aliphatic carbocycles. The number of nitrogens with zero attached hydrogens (tertiary/aromatic N) is 2. The van der Waals surface area contributed by atoms with Gasteiger partial charge in [-0.15, -0.1) is 0 Å². The summed E-state index contributed by atoms with van der Waals surface area (Å²) >= 11 is 0. The number of carbonyl (C=O) groups excluding carboxylic acids is 3. The van der Waals surface area contributed by atoms with Crippen molar-refractivity contribution in [3.8, 4) is 5.75 Å². The lowest BCUT2D eigenvalue weighted by atomic mass is 10.1. The van der Waals surface area contributed by atoms with E-state index in [0.717, 1.165) is 31.1 Å². The third-order valence-corrected chi connectivity index (χ3v) is 6.34. The molecule has 176 valence electrons. The molecular weight excluding hydrogens is 420 g/mol. The van der Waals surface area contributed by atoms with Gasteiger partial charge in [-0.2, -0.15) is 0 Å². The number of hydrogen-bond donors (Lipinski definition) is 1. The van der Waals surface area contributed by atoms with E-state index in [4.69, 9.17) is 4.74 Å². The molecule has 9 heteroatoms. The fourth-order valence-corrected chi connectivity index (χ4v) is 4.78. The molecule has 0 aromatic heterocycles. The Morgan fingerprint density at radius 2 is 2.16 bits per heavy atom. The van der Waals surface area contributed by atoms with Crippen molar-refractivity contribution in [1.82, 2.24) is 15.1 Å². The Morgan fingerprint density at radius 3 is 2.81 bits per heavy atom. The van der Waals surface area contributed by atoms with Crippen molar-refractivity contribution in [1.29, 1.82) is 0 Å². The first kappa shape index (κ1) is 24.1. The molecule has 3 atom stereocenters. The highest BCUT2D eigenvalue weighted by Crippen LogP contribution is 2.33. The molecule has 1 aromatic carbocycles. The molecule has 1 heterocycles. The van der Waals surface area contributed by atoms with Gasteiger partial charge in [-0.3, -0.25) is 14.5 Å². The van der Waals surface area contributed by atoms with Crippen molar-refractivity contribution < 1.29 is 27.9 Å². The lowest BCUT2D eigenvalue weighted by molar-refractivity contribution is -0.125. The second-order valence-corrected chi connectivity index (χ2v) is 8.26. The van der Waals surface area contributed by atoms with Crippen LogP contribution >= 0.6 is 0 Å². The lowest BCUT2D eigenvalue weighted by Crippen LogP contribution is -2.46. The average Bonchev–Trinajstić information content (AvgIpc) is 3.36. The number of rotatable bonds is 11. The summed E-state index contributed by atoms with van der Waals surface area (Å²) in [4.78, 5) is 39.3. The minimum Gasteiger partial charge on any atom is -0.489 e. The molecule has 0 radical (unpaired) electrons. The molecule has 2 aliphatic rings. The Morgan fingerprint density at radius 1 is 1.38 bits per heavy atom. The fraction of sp³-hybridized carbons (Fsp3) is 0.609. The van der Waals surface area contributed by atoms with Gasteiger partial charge in [-0.25, -0.2) is 8.78 Å². The second-order valence-electron chi connectivity index (χ2n) is 8.26. The molecule has 1 aliphatic heterocycles. The van der Waals surface area contributed by atoms with Crippen molar-refractivity contribution in [2.45, 2.75) is 70.2 Å². The normalized spacial score (nSPS) is 21.2. The number of carbonyl (C=O) groups is 3. The Labute approximate surface area is 187 Å². The van der Waals surface area contributed by atoms with E-state index in [2.05, 4.69) is 5.32 Å². The van der Waals surface area contributed by atoms with E-state index in [9.17, 15) is 23.2 Å². The van der Waals surface area contributed by atoms with E-state index in [1.54, 1.807) is 23.1 Å². The number of amides is 2. The van der Waals surface area contributed by atoms with Crippen molar-refractivity contribution in [3.05, 3.63) is 29.3 Å². The molecule has 7 nitrogen and oxygen atoms in total. The van der Waals surface area contributed by atoms with Gasteiger partial charge >= 0.3 is 0 Å². The molecule has 1 saturated carbocycles.